The molecule has 88 valence electrons. The molecule has 0 bridgehead atoms. The first-order valence-corrected chi connectivity index (χ1v) is 5.86. The van der Waals surface area contributed by atoms with Crippen molar-refractivity contribution in [1.29, 1.82) is 0 Å². The predicted molar refractivity (Wildman–Crippen MR) is 66.6 cm³/mol. The van der Waals surface area contributed by atoms with E-state index in [2.05, 4.69) is 20.3 Å². The van der Waals surface area contributed by atoms with Crippen LogP contribution < -0.4 is 11.1 Å². The molecule has 17 heavy (non-hydrogen) atoms. The summed E-state index contributed by atoms with van der Waals surface area (Å²) in [5.41, 5.74) is 7.58. The normalized spacial score (nSPS) is 17.7. The third kappa shape index (κ3) is 2.06. The topological polar surface area (TPSA) is 76.7 Å². The minimum Gasteiger partial charge on any atom is -0.368 e. The number of fused-ring (bicyclic) bond motifs is 1. The average Bonchev–Trinajstić information content (AvgIpc) is 2.34. The molecule has 2 aromatic rings. The van der Waals surface area contributed by atoms with Crippen LogP contribution in [0.3, 0.4) is 0 Å². The van der Waals surface area contributed by atoms with Crippen molar-refractivity contribution in [2.75, 3.05) is 11.9 Å². The first-order chi connectivity index (χ1) is 8.25. The van der Waals surface area contributed by atoms with Crippen molar-refractivity contribution in [3.63, 3.8) is 0 Å². The van der Waals surface area contributed by atoms with Crippen molar-refractivity contribution in [2.24, 2.45) is 5.73 Å². The van der Waals surface area contributed by atoms with Crippen LogP contribution in [0.25, 0.3) is 11.2 Å². The van der Waals surface area contributed by atoms with Gasteiger partial charge < -0.3 is 11.1 Å². The number of nitrogens with two attached hydrogens (primary N) is 1. The van der Waals surface area contributed by atoms with Crippen molar-refractivity contribution >= 4 is 17.0 Å². The standard InChI is InChI=1S/C12H15N5/c13-12(4-1-5-12)8-16-10-3-2-9-11(17-10)15-7-6-14-9/h2-3,6-7H,1,4-5,8,13H2,(H,15,16,17). The highest BCUT2D eigenvalue weighted by molar-refractivity contribution is 5.71. The fraction of sp³-hybridized carbons (Fsp3) is 0.417. The Balaban J connectivity index is 1.76. The van der Waals surface area contributed by atoms with Crippen molar-refractivity contribution < 1.29 is 0 Å². The SMILES string of the molecule is NC1(CNc2ccc3nccnc3n2)CCC1. The van der Waals surface area contributed by atoms with Crippen molar-refractivity contribution in [2.45, 2.75) is 24.8 Å². The first-order valence-electron chi connectivity index (χ1n) is 5.86. The van der Waals surface area contributed by atoms with Gasteiger partial charge in [0.2, 0.25) is 0 Å². The number of nitrogens with zero attached hydrogens (tertiary/aromatic N) is 3. The van der Waals surface area contributed by atoms with Crippen LogP contribution in [-0.4, -0.2) is 27.0 Å². The number of hydrogen-bond donors (Lipinski definition) is 2. The van der Waals surface area contributed by atoms with Gasteiger partial charge in [0.25, 0.3) is 0 Å². The molecule has 3 rings (SSSR count). The Labute approximate surface area is 99.5 Å². The van der Waals surface area contributed by atoms with E-state index < -0.39 is 0 Å². The number of aromatic nitrogens is 3. The minimum atomic E-state index is -0.0427. The Morgan fingerprint density at radius 3 is 2.82 bits per heavy atom. The summed E-state index contributed by atoms with van der Waals surface area (Å²) in [5, 5.41) is 3.28. The monoisotopic (exact) mass is 229 g/mol. The second-order valence-electron chi connectivity index (χ2n) is 4.67. The van der Waals surface area contributed by atoms with E-state index in [9.17, 15) is 0 Å². The lowest BCUT2D eigenvalue weighted by atomic mass is 9.78. The third-order valence-electron chi connectivity index (χ3n) is 3.30. The van der Waals surface area contributed by atoms with Gasteiger partial charge in [-0.05, 0) is 31.4 Å². The summed E-state index contributed by atoms with van der Waals surface area (Å²) >= 11 is 0. The molecule has 0 atom stereocenters. The van der Waals surface area contributed by atoms with Gasteiger partial charge >= 0.3 is 0 Å². The highest BCUT2D eigenvalue weighted by Crippen LogP contribution is 2.29. The molecule has 5 nitrogen and oxygen atoms in total. The zero-order valence-electron chi connectivity index (χ0n) is 9.56. The summed E-state index contributed by atoms with van der Waals surface area (Å²) < 4.78 is 0. The largest absolute Gasteiger partial charge is 0.368 e. The Morgan fingerprint density at radius 1 is 1.24 bits per heavy atom. The number of anilines is 1. The molecule has 5 heteroatoms. The van der Waals surface area contributed by atoms with Gasteiger partial charge in [-0.25, -0.2) is 9.97 Å². The van der Waals surface area contributed by atoms with Crippen LogP contribution in [0.5, 0.6) is 0 Å². The maximum atomic E-state index is 6.15. The molecular weight excluding hydrogens is 214 g/mol. The molecule has 3 N–H and O–H groups in total. The zero-order valence-corrected chi connectivity index (χ0v) is 9.56. The Kier molecular flexibility index (Phi) is 2.40. The van der Waals surface area contributed by atoms with Crippen LogP contribution in [0.2, 0.25) is 0 Å². The quantitative estimate of drug-likeness (QED) is 0.830. The fourth-order valence-electron chi connectivity index (χ4n) is 2.03. The summed E-state index contributed by atoms with van der Waals surface area (Å²) in [6.07, 6.45) is 6.73. The van der Waals surface area contributed by atoms with Crippen LogP contribution >= 0.6 is 0 Å². The highest BCUT2D eigenvalue weighted by atomic mass is 15.0. The van der Waals surface area contributed by atoms with E-state index >= 15 is 0 Å². The molecule has 0 saturated heterocycles. The van der Waals surface area contributed by atoms with Crippen molar-refractivity contribution in [1.82, 2.24) is 15.0 Å². The second kappa shape index (κ2) is 3.92. The summed E-state index contributed by atoms with van der Waals surface area (Å²) in [6.45, 7) is 0.770. The van der Waals surface area contributed by atoms with E-state index in [0.717, 1.165) is 30.7 Å². The van der Waals surface area contributed by atoms with Gasteiger partial charge in [0, 0.05) is 24.5 Å². The number of hydrogen-bond acceptors (Lipinski definition) is 5. The average molecular weight is 229 g/mol. The highest BCUT2D eigenvalue weighted by Gasteiger charge is 2.32. The maximum Gasteiger partial charge on any atom is 0.180 e. The summed E-state index contributed by atoms with van der Waals surface area (Å²) in [5.74, 6) is 0.815. The van der Waals surface area contributed by atoms with E-state index in [1.54, 1.807) is 12.4 Å². The van der Waals surface area contributed by atoms with Crippen LogP contribution in [0.4, 0.5) is 5.82 Å². The van der Waals surface area contributed by atoms with E-state index in [1.165, 1.54) is 6.42 Å². The summed E-state index contributed by atoms with van der Waals surface area (Å²) in [6, 6.07) is 3.83. The fourth-order valence-corrected chi connectivity index (χ4v) is 2.03. The molecule has 0 amide bonds. The smallest absolute Gasteiger partial charge is 0.180 e. The lowest BCUT2D eigenvalue weighted by molar-refractivity contribution is 0.265. The maximum absolute atomic E-state index is 6.15. The lowest BCUT2D eigenvalue weighted by Crippen LogP contribution is -2.52. The van der Waals surface area contributed by atoms with Gasteiger partial charge in [0.05, 0.1) is 0 Å². The zero-order chi connectivity index (χ0) is 11.7. The number of rotatable bonds is 3. The number of pyridine rings is 1. The molecule has 0 unspecified atom stereocenters. The van der Waals surface area contributed by atoms with Crippen LogP contribution in [0, 0.1) is 0 Å². The van der Waals surface area contributed by atoms with E-state index in [0.29, 0.717) is 5.65 Å². The second-order valence-corrected chi connectivity index (χ2v) is 4.67. The Hall–Kier alpha value is -1.75. The van der Waals surface area contributed by atoms with Crippen molar-refractivity contribution in [3.8, 4) is 0 Å². The first kappa shape index (κ1) is 10.4. The van der Waals surface area contributed by atoms with Crippen LogP contribution in [0.1, 0.15) is 19.3 Å². The molecule has 0 aliphatic heterocycles. The van der Waals surface area contributed by atoms with Crippen molar-refractivity contribution in [3.05, 3.63) is 24.5 Å². The Morgan fingerprint density at radius 2 is 2.06 bits per heavy atom. The van der Waals surface area contributed by atoms with Crippen LogP contribution in [0.15, 0.2) is 24.5 Å². The molecule has 1 fully saturated rings. The van der Waals surface area contributed by atoms with Gasteiger partial charge in [-0.3, -0.25) is 4.98 Å². The molecule has 2 heterocycles. The predicted octanol–water partition coefficient (Wildman–Crippen LogP) is 1.32. The molecule has 0 radical (unpaired) electrons. The number of nitrogens with one attached hydrogen (secondary N) is 1. The summed E-state index contributed by atoms with van der Waals surface area (Å²) in [7, 11) is 0. The van der Waals surface area contributed by atoms with Gasteiger partial charge in [0.15, 0.2) is 5.65 Å². The van der Waals surface area contributed by atoms with Gasteiger partial charge in [-0.15, -0.1) is 0 Å². The summed E-state index contributed by atoms with van der Waals surface area (Å²) in [4.78, 5) is 12.8. The van der Waals surface area contributed by atoms with E-state index in [1.807, 2.05) is 12.1 Å². The Bertz CT molecular complexity index is 535. The van der Waals surface area contributed by atoms with E-state index in [-0.39, 0.29) is 5.54 Å². The third-order valence-corrected chi connectivity index (χ3v) is 3.30. The van der Waals surface area contributed by atoms with Crippen LogP contribution in [-0.2, 0) is 0 Å². The lowest BCUT2D eigenvalue weighted by Gasteiger charge is -2.38. The molecule has 1 aliphatic rings. The van der Waals surface area contributed by atoms with Gasteiger partial charge in [-0.2, -0.15) is 0 Å². The molecular formula is C12H15N5. The molecule has 1 aliphatic carbocycles. The molecule has 0 spiro atoms. The van der Waals surface area contributed by atoms with E-state index in [4.69, 9.17) is 5.73 Å². The molecule has 2 aromatic heterocycles. The molecule has 1 saturated carbocycles. The van der Waals surface area contributed by atoms with Gasteiger partial charge in [-0.1, -0.05) is 0 Å². The van der Waals surface area contributed by atoms with Gasteiger partial charge in [0.1, 0.15) is 11.3 Å². The molecule has 0 aromatic carbocycles. The minimum absolute atomic E-state index is 0.0427.